The Labute approximate surface area is 77.3 Å². The summed E-state index contributed by atoms with van der Waals surface area (Å²) in [5.41, 5.74) is 5.26. The van der Waals surface area contributed by atoms with Crippen LogP contribution in [-0.2, 0) is 9.59 Å². The Balaban J connectivity index is 3.92. The molecule has 0 aromatic carbocycles. The van der Waals surface area contributed by atoms with E-state index in [1.165, 1.54) is 6.92 Å². The van der Waals surface area contributed by atoms with E-state index in [4.69, 9.17) is 10.8 Å². The lowest BCUT2D eigenvalue weighted by Gasteiger charge is -2.13. The monoisotopic (exact) mass is 188 g/mol. The van der Waals surface area contributed by atoms with Crippen molar-refractivity contribution in [3.63, 3.8) is 0 Å². The molecule has 0 aliphatic rings. The summed E-state index contributed by atoms with van der Waals surface area (Å²) in [5, 5.41) is 10.9. The van der Waals surface area contributed by atoms with Gasteiger partial charge in [-0.2, -0.15) is 0 Å². The number of carboxylic acid groups (broad SMARTS) is 1. The van der Waals surface area contributed by atoms with Gasteiger partial charge >= 0.3 is 5.97 Å². The van der Waals surface area contributed by atoms with Crippen molar-refractivity contribution in [2.75, 3.05) is 6.54 Å². The van der Waals surface area contributed by atoms with Crippen LogP contribution in [0.25, 0.3) is 0 Å². The van der Waals surface area contributed by atoms with Crippen LogP contribution in [0.1, 0.15) is 20.3 Å². The van der Waals surface area contributed by atoms with Crippen molar-refractivity contribution in [3.8, 4) is 0 Å². The molecule has 0 saturated carbocycles. The number of nitrogens with one attached hydrogen (secondary N) is 1. The summed E-state index contributed by atoms with van der Waals surface area (Å²) in [6.45, 7) is 3.57. The van der Waals surface area contributed by atoms with Crippen LogP contribution in [0, 0.1) is 5.92 Å². The largest absolute Gasteiger partial charge is 0.480 e. The predicted molar refractivity (Wildman–Crippen MR) is 48.1 cm³/mol. The lowest BCUT2D eigenvalue weighted by Crippen LogP contribution is -2.41. The van der Waals surface area contributed by atoms with Gasteiger partial charge in [-0.25, -0.2) is 0 Å². The van der Waals surface area contributed by atoms with Gasteiger partial charge in [0.05, 0.1) is 0 Å². The standard InChI is InChI=1S/C8H16N2O3/c1-5(3-4-9)7(11)10-6(2)8(12)13/h5-6H,3-4,9H2,1-2H3,(H,10,11)(H,12,13). The fourth-order valence-electron chi connectivity index (χ4n) is 0.798. The second kappa shape index (κ2) is 5.53. The summed E-state index contributed by atoms with van der Waals surface area (Å²) in [4.78, 5) is 21.6. The molecule has 0 aliphatic heterocycles. The van der Waals surface area contributed by atoms with Crippen LogP contribution in [-0.4, -0.2) is 29.6 Å². The summed E-state index contributed by atoms with van der Waals surface area (Å²) in [7, 11) is 0. The fourth-order valence-corrected chi connectivity index (χ4v) is 0.798. The van der Waals surface area contributed by atoms with Gasteiger partial charge < -0.3 is 16.2 Å². The van der Waals surface area contributed by atoms with Gasteiger partial charge in [-0.1, -0.05) is 6.92 Å². The highest BCUT2D eigenvalue weighted by molar-refractivity contribution is 5.84. The smallest absolute Gasteiger partial charge is 0.325 e. The molecule has 0 spiro atoms. The molecule has 2 atom stereocenters. The van der Waals surface area contributed by atoms with E-state index < -0.39 is 12.0 Å². The summed E-state index contributed by atoms with van der Waals surface area (Å²) in [5.74, 6) is -1.53. The molecule has 5 nitrogen and oxygen atoms in total. The van der Waals surface area contributed by atoms with E-state index in [0.717, 1.165) is 0 Å². The van der Waals surface area contributed by atoms with E-state index in [1.807, 2.05) is 0 Å². The molecule has 4 N–H and O–H groups in total. The van der Waals surface area contributed by atoms with Gasteiger partial charge in [0.15, 0.2) is 0 Å². The van der Waals surface area contributed by atoms with Crippen LogP contribution < -0.4 is 11.1 Å². The van der Waals surface area contributed by atoms with Crippen LogP contribution in [0.2, 0.25) is 0 Å². The Kier molecular flexibility index (Phi) is 5.06. The summed E-state index contributed by atoms with van der Waals surface area (Å²) in [6, 6.07) is -0.840. The maximum Gasteiger partial charge on any atom is 0.325 e. The van der Waals surface area contributed by atoms with E-state index in [0.29, 0.717) is 13.0 Å². The average molecular weight is 188 g/mol. The molecule has 1 amide bonds. The molecule has 0 aromatic heterocycles. The molecule has 2 unspecified atom stereocenters. The zero-order valence-corrected chi connectivity index (χ0v) is 7.91. The SMILES string of the molecule is CC(CCN)C(=O)NC(C)C(=O)O. The van der Waals surface area contributed by atoms with E-state index in [2.05, 4.69) is 5.32 Å². The Hall–Kier alpha value is -1.10. The molecule has 0 saturated heterocycles. The minimum Gasteiger partial charge on any atom is -0.480 e. The minimum absolute atomic E-state index is 0.230. The molecule has 5 heteroatoms. The number of hydrogen-bond acceptors (Lipinski definition) is 3. The second-order valence-electron chi connectivity index (χ2n) is 3.05. The summed E-state index contributed by atoms with van der Waals surface area (Å²) in [6.07, 6.45) is 0.568. The number of amides is 1. The van der Waals surface area contributed by atoms with Crippen molar-refractivity contribution in [3.05, 3.63) is 0 Å². The first-order valence-corrected chi connectivity index (χ1v) is 4.22. The highest BCUT2D eigenvalue weighted by atomic mass is 16.4. The van der Waals surface area contributed by atoms with Crippen molar-refractivity contribution in [1.82, 2.24) is 5.32 Å². The first-order chi connectivity index (χ1) is 5.99. The van der Waals surface area contributed by atoms with Gasteiger partial charge in [0.25, 0.3) is 0 Å². The first-order valence-electron chi connectivity index (χ1n) is 4.22. The predicted octanol–water partition coefficient (Wildman–Crippen LogP) is -0.439. The number of hydrogen-bond donors (Lipinski definition) is 3. The number of carbonyl (C=O) groups excluding carboxylic acids is 1. The first kappa shape index (κ1) is 11.9. The summed E-state index contributed by atoms with van der Waals surface area (Å²) < 4.78 is 0. The molecule has 13 heavy (non-hydrogen) atoms. The molecule has 0 rings (SSSR count). The lowest BCUT2D eigenvalue weighted by molar-refractivity contribution is -0.141. The third-order valence-electron chi connectivity index (χ3n) is 1.78. The molecule has 0 bridgehead atoms. The van der Waals surface area contributed by atoms with Crippen molar-refractivity contribution in [2.45, 2.75) is 26.3 Å². The van der Waals surface area contributed by atoms with Crippen LogP contribution in [0.3, 0.4) is 0 Å². The topological polar surface area (TPSA) is 92.4 Å². The lowest BCUT2D eigenvalue weighted by atomic mass is 10.1. The van der Waals surface area contributed by atoms with Gasteiger partial charge in [-0.3, -0.25) is 9.59 Å². The van der Waals surface area contributed by atoms with E-state index in [9.17, 15) is 9.59 Å². The van der Waals surface area contributed by atoms with Gasteiger partial charge in [0.2, 0.25) is 5.91 Å². The maximum atomic E-state index is 11.2. The summed E-state index contributed by atoms with van der Waals surface area (Å²) >= 11 is 0. The fraction of sp³-hybridized carbons (Fsp3) is 0.750. The third kappa shape index (κ3) is 4.47. The Bertz CT molecular complexity index is 194. The van der Waals surface area contributed by atoms with Crippen molar-refractivity contribution < 1.29 is 14.7 Å². The van der Waals surface area contributed by atoms with Crippen molar-refractivity contribution in [1.29, 1.82) is 0 Å². The van der Waals surface area contributed by atoms with E-state index in [-0.39, 0.29) is 11.8 Å². The van der Waals surface area contributed by atoms with Gasteiger partial charge in [-0.15, -0.1) is 0 Å². The molecule has 76 valence electrons. The van der Waals surface area contributed by atoms with Gasteiger partial charge in [0, 0.05) is 5.92 Å². The normalized spacial score (nSPS) is 14.7. The molecule has 0 aliphatic carbocycles. The highest BCUT2D eigenvalue weighted by Gasteiger charge is 2.17. The zero-order chi connectivity index (χ0) is 10.4. The number of rotatable bonds is 5. The van der Waals surface area contributed by atoms with E-state index >= 15 is 0 Å². The minimum atomic E-state index is -1.03. The van der Waals surface area contributed by atoms with Crippen molar-refractivity contribution >= 4 is 11.9 Å². The van der Waals surface area contributed by atoms with Gasteiger partial charge in [-0.05, 0) is 19.9 Å². The van der Waals surface area contributed by atoms with Crippen LogP contribution in [0.15, 0.2) is 0 Å². The van der Waals surface area contributed by atoms with Crippen LogP contribution >= 0.6 is 0 Å². The quantitative estimate of drug-likeness (QED) is 0.545. The number of aliphatic carboxylic acids is 1. The highest BCUT2D eigenvalue weighted by Crippen LogP contribution is 2.00. The number of nitrogens with two attached hydrogens (primary N) is 1. The zero-order valence-electron chi connectivity index (χ0n) is 7.91. The Morgan fingerprint density at radius 2 is 2.00 bits per heavy atom. The molecule has 0 radical (unpaired) electrons. The van der Waals surface area contributed by atoms with Crippen LogP contribution in [0.4, 0.5) is 0 Å². The van der Waals surface area contributed by atoms with Crippen molar-refractivity contribution in [2.24, 2.45) is 11.7 Å². The number of carbonyl (C=O) groups is 2. The molecular formula is C8H16N2O3. The van der Waals surface area contributed by atoms with Crippen LogP contribution in [0.5, 0.6) is 0 Å². The number of carboxylic acids is 1. The molecule has 0 fully saturated rings. The third-order valence-corrected chi connectivity index (χ3v) is 1.78. The molecule has 0 heterocycles. The second-order valence-corrected chi connectivity index (χ2v) is 3.05. The van der Waals surface area contributed by atoms with E-state index in [1.54, 1.807) is 6.92 Å². The van der Waals surface area contributed by atoms with Gasteiger partial charge in [0.1, 0.15) is 6.04 Å². The maximum absolute atomic E-state index is 11.2. The molecule has 0 aromatic rings. The average Bonchev–Trinajstić information content (AvgIpc) is 2.04. The Morgan fingerprint density at radius 3 is 2.38 bits per heavy atom. The molecular weight excluding hydrogens is 172 g/mol. The Morgan fingerprint density at radius 1 is 1.46 bits per heavy atom.